The first-order valence-corrected chi connectivity index (χ1v) is 8.51. The summed E-state index contributed by atoms with van der Waals surface area (Å²) in [4.78, 5) is 12.1. The highest BCUT2D eigenvalue weighted by Gasteiger charge is 2.23. The van der Waals surface area contributed by atoms with Crippen LogP contribution in [0.4, 0.5) is 8.78 Å². The van der Waals surface area contributed by atoms with Crippen molar-refractivity contribution in [1.29, 1.82) is 5.26 Å². The Bertz CT molecular complexity index is 1170. The van der Waals surface area contributed by atoms with Crippen LogP contribution in [0.25, 0.3) is 22.3 Å². The Kier molecular flexibility index (Phi) is 4.28. The smallest absolute Gasteiger partial charge is 0.251 e. The Labute approximate surface area is 160 Å². The van der Waals surface area contributed by atoms with E-state index in [1.807, 2.05) is 0 Å². The molecule has 0 saturated carbocycles. The lowest BCUT2D eigenvalue weighted by Crippen LogP contribution is -2.12. The van der Waals surface area contributed by atoms with Crippen LogP contribution in [0.3, 0.4) is 0 Å². The van der Waals surface area contributed by atoms with Gasteiger partial charge in [-0.15, -0.1) is 0 Å². The van der Waals surface area contributed by atoms with Crippen molar-refractivity contribution in [3.05, 3.63) is 76.9 Å². The molecule has 0 aliphatic carbocycles. The molecule has 3 aromatic carbocycles. The lowest BCUT2D eigenvalue weighted by atomic mass is 9.90. The van der Waals surface area contributed by atoms with Gasteiger partial charge in [-0.25, -0.2) is 8.78 Å². The lowest BCUT2D eigenvalue weighted by Gasteiger charge is -2.14. The van der Waals surface area contributed by atoms with E-state index in [1.165, 1.54) is 19.2 Å². The third-order valence-electron chi connectivity index (χ3n) is 4.78. The van der Waals surface area contributed by atoms with Crippen LogP contribution in [0, 0.1) is 23.0 Å². The number of carbonyl (C=O) groups is 1. The Balaban J connectivity index is 1.99. The van der Waals surface area contributed by atoms with Crippen molar-refractivity contribution < 1.29 is 18.3 Å². The zero-order chi connectivity index (χ0) is 19.8. The van der Waals surface area contributed by atoms with Crippen molar-refractivity contribution in [1.82, 2.24) is 5.32 Å². The van der Waals surface area contributed by atoms with E-state index in [0.29, 0.717) is 40.1 Å². The molecule has 1 N–H and O–H groups in total. The summed E-state index contributed by atoms with van der Waals surface area (Å²) in [5, 5.41) is 12.1. The number of ether oxygens (including phenoxy) is 1. The van der Waals surface area contributed by atoms with Gasteiger partial charge in [0.05, 0.1) is 12.7 Å². The van der Waals surface area contributed by atoms with Crippen LogP contribution in [-0.4, -0.2) is 13.0 Å². The summed E-state index contributed by atoms with van der Waals surface area (Å²) in [6.07, 6.45) is 0. The predicted octanol–water partition coefficient (Wildman–Crippen LogP) is 4.42. The average Bonchev–Trinajstić information content (AvgIpc) is 3.06. The molecule has 1 aliphatic rings. The molecule has 4 rings (SSSR count). The number of rotatable bonds is 3. The predicted molar refractivity (Wildman–Crippen MR) is 99.7 cm³/mol. The SMILES string of the molecule is COc1ccc(-c2cc3c(cc2-c2ccc(F)cc2F)C(=O)NC3)cc1C#N. The van der Waals surface area contributed by atoms with E-state index in [1.54, 1.807) is 30.3 Å². The number of hydrogen-bond acceptors (Lipinski definition) is 3. The number of halogens is 2. The number of nitrogens with one attached hydrogen (secondary N) is 1. The highest BCUT2D eigenvalue weighted by molar-refractivity contribution is 6.01. The number of methoxy groups -OCH3 is 1. The quantitative estimate of drug-likeness (QED) is 0.736. The molecule has 0 saturated heterocycles. The van der Waals surface area contributed by atoms with Crippen LogP contribution in [-0.2, 0) is 6.54 Å². The largest absolute Gasteiger partial charge is 0.495 e. The van der Waals surface area contributed by atoms with E-state index in [0.717, 1.165) is 11.6 Å². The van der Waals surface area contributed by atoms with Crippen molar-refractivity contribution >= 4 is 5.91 Å². The first-order chi connectivity index (χ1) is 13.5. The summed E-state index contributed by atoms with van der Waals surface area (Å²) in [5.41, 5.74) is 3.49. The van der Waals surface area contributed by atoms with Gasteiger partial charge in [-0.2, -0.15) is 5.26 Å². The topological polar surface area (TPSA) is 62.1 Å². The number of benzene rings is 3. The van der Waals surface area contributed by atoms with Gasteiger partial charge in [0.2, 0.25) is 0 Å². The van der Waals surface area contributed by atoms with Crippen molar-refractivity contribution in [2.24, 2.45) is 0 Å². The number of carbonyl (C=O) groups excluding carboxylic acids is 1. The number of hydrogen-bond donors (Lipinski definition) is 1. The molecule has 138 valence electrons. The van der Waals surface area contributed by atoms with E-state index < -0.39 is 11.6 Å². The molecule has 3 aromatic rings. The first-order valence-electron chi connectivity index (χ1n) is 8.51. The zero-order valence-corrected chi connectivity index (χ0v) is 14.8. The summed E-state index contributed by atoms with van der Waals surface area (Å²) >= 11 is 0. The van der Waals surface area contributed by atoms with Gasteiger partial charge in [0.15, 0.2) is 0 Å². The van der Waals surface area contributed by atoms with Gasteiger partial charge in [0.1, 0.15) is 23.5 Å². The van der Waals surface area contributed by atoms with Crippen molar-refractivity contribution in [2.75, 3.05) is 7.11 Å². The third kappa shape index (κ3) is 2.87. The maximum Gasteiger partial charge on any atom is 0.251 e. The van der Waals surface area contributed by atoms with E-state index in [2.05, 4.69) is 11.4 Å². The van der Waals surface area contributed by atoms with Crippen molar-refractivity contribution in [2.45, 2.75) is 6.54 Å². The minimum absolute atomic E-state index is 0.174. The average molecular weight is 376 g/mol. The van der Waals surface area contributed by atoms with Gasteiger partial charge in [-0.3, -0.25) is 4.79 Å². The maximum absolute atomic E-state index is 14.5. The highest BCUT2D eigenvalue weighted by atomic mass is 19.1. The van der Waals surface area contributed by atoms with Gasteiger partial charge in [-0.05, 0) is 58.7 Å². The molecule has 0 spiro atoms. The second-order valence-electron chi connectivity index (χ2n) is 6.39. The molecule has 0 fully saturated rings. The van der Waals surface area contributed by atoms with Crippen LogP contribution in [0.1, 0.15) is 21.5 Å². The summed E-state index contributed by atoms with van der Waals surface area (Å²) in [5.74, 6) is -1.22. The summed E-state index contributed by atoms with van der Waals surface area (Å²) in [6, 6.07) is 13.9. The minimum atomic E-state index is -0.728. The standard InChI is InChI=1S/C22H14F2N2O2/c1-28-21-5-2-12(6-13(21)10-25)17-7-14-11-26-22(27)18(14)9-19(17)16-4-3-15(23)8-20(16)24/h2-9H,11H2,1H3,(H,26,27). The number of fused-ring (bicyclic) bond motifs is 1. The maximum atomic E-state index is 14.5. The molecule has 4 nitrogen and oxygen atoms in total. The summed E-state index contributed by atoms with van der Waals surface area (Å²) in [7, 11) is 1.47. The fourth-order valence-corrected chi connectivity index (χ4v) is 3.41. The molecule has 1 heterocycles. The Hall–Kier alpha value is -3.72. The first kappa shape index (κ1) is 17.7. The van der Waals surface area contributed by atoms with Crippen LogP contribution >= 0.6 is 0 Å². The van der Waals surface area contributed by atoms with Crippen LogP contribution in [0.5, 0.6) is 5.75 Å². The van der Waals surface area contributed by atoms with Crippen LogP contribution in [0.2, 0.25) is 0 Å². The van der Waals surface area contributed by atoms with E-state index in [4.69, 9.17) is 4.74 Å². The van der Waals surface area contributed by atoms with Crippen LogP contribution in [0.15, 0.2) is 48.5 Å². The van der Waals surface area contributed by atoms with Gasteiger partial charge >= 0.3 is 0 Å². The molecular weight excluding hydrogens is 362 g/mol. The fourth-order valence-electron chi connectivity index (χ4n) is 3.41. The Morgan fingerprint density at radius 3 is 2.54 bits per heavy atom. The van der Waals surface area contributed by atoms with E-state index in [-0.39, 0.29) is 11.5 Å². The highest BCUT2D eigenvalue weighted by Crippen LogP contribution is 2.38. The molecule has 0 unspecified atom stereocenters. The Morgan fingerprint density at radius 1 is 1.00 bits per heavy atom. The zero-order valence-electron chi connectivity index (χ0n) is 14.8. The molecule has 0 radical (unpaired) electrons. The molecule has 6 heteroatoms. The van der Waals surface area contributed by atoms with Gasteiger partial charge in [-0.1, -0.05) is 6.07 Å². The minimum Gasteiger partial charge on any atom is -0.495 e. The summed E-state index contributed by atoms with van der Waals surface area (Å²) in [6.45, 7) is 0.370. The molecule has 0 atom stereocenters. The van der Waals surface area contributed by atoms with Crippen molar-refractivity contribution in [3.8, 4) is 34.1 Å². The molecular formula is C22H14F2N2O2. The number of nitriles is 1. The molecule has 0 aromatic heterocycles. The van der Waals surface area contributed by atoms with Gasteiger partial charge in [0, 0.05) is 23.7 Å². The van der Waals surface area contributed by atoms with Gasteiger partial charge in [0.25, 0.3) is 5.91 Å². The van der Waals surface area contributed by atoms with Crippen molar-refractivity contribution in [3.63, 3.8) is 0 Å². The van der Waals surface area contributed by atoms with Gasteiger partial charge < -0.3 is 10.1 Å². The van der Waals surface area contributed by atoms with Crippen LogP contribution < -0.4 is 10.1 Å². The number of nitrogens with zero attached hydrogens (tertiary/aromatic N) is 1. The van der Waals surface area contributed by atoms with E-state index in [9.17, 15) is 18.8 Å². The second-order valence-corrected chi connectivity index (χ2v) is 6.39. The third-order valence-corrected chi connectivity index (χ3v) is 4.78. The molecule has 0 bridgehead atoms. The Morgan fingerprint density at radius 2 is 1.82 bits per heavy atom. The van der Waals surface area contributed by atoms with E-state index >= 15 is 0 Å². The monoisotopic (exact) mass is 376 g/mol. The second kappa shape index (κ2) is 6.78. The fraction of sp³-hybridized carbons (Fsp3) is 0.0909. The number of amides is 1. The normalized spacial score (nSPS) is 12.3. The molecule has 1 amide bonds. The summed E-state index contributed by atoms with van der Waals surface area (Å²) < 4.78 is 33.1. The lowest BCUT2D eigenvalue weighted by molar-refractivity contribution is 0.0966. The molecule has 1 aliphatic heterocycles. The molecule has 28 heavy (non-hydrogen) atoms.